The van der Waals surface area contributed by atoms with Crippen molar-refractivity contribution < 1.29 is 19.0 Å². The van der Waals surface area contributed by atoms with E-state index in [9.17, 15) is 4.79 Å². The SMILES string of the molecule is CCOc1cccc(-c2nnc(C(=O)N(C)SCc3ccccc3)n2-c2c(OC)cccc2OC)n1. The summed E-state index contributed by atoms with van der Waals surface area (Å²) >= 11 is 1.37. The number of carbonyl (C=O) groups is 1. The van der Waals surface area contributed by atoms with E-state index < -0.39 is 0 Å². The molecule has 0 aliphatic heterocycles. The quantitative estimate of drug-likeness (QED) is 0.287. The van der Waals surface area contributed by atoms with Crippen molar-refractivity contribution in [2.24, 2.45) is 0 Å². The topological polar surface area (TPSA) is 91.6 Å². The molecule has 10 heteroatoms. The monoisotopic (exact) mass is 505 g/mol. The van der Waals surface area contributed by atoms with Crippen molar-refractivity contribution in [1.82, 2.24) is 24.1 Å². The molecule has 4 rings (SSSR count). The van der Waals surface area contributed by atoms with Crippen LogP contribution in [0.3, 0.4) is 0 Å². The molecule has 0 bridgehead atoms. The Kier molecular flexibility index (Phi) is 8.06. The van der Waals surface area contributed by atoms with Gasteiger partial charge in [-0.15, -0.1) is 10.2 Å². The lowest BCUT2D eigenvalue weighted by atomic mass is 10.2. The van der Waals surface area contributed by atoms with Gasteiger partial charge in [-0.05, 0) is 42.6 Å². The number of methoxy groups -OCH3 is 2. The molecule has 0 aliphatic carbocycles. The maximum atomic E-state index is 13.6. The number of para-hydroxylation sites is 1. The molecule has 0 aliphatic rings. The molecule has 0 atom stereocenters. The van der Waals surface area contributed by atoms with E-state index in [0.717, 1.165) is 5.56 Å². The predicted molar refractivity (Wildman–Crippen MR) is 139 cm³/mol. The predicted octanol–water partition coefficient (Wildman–Crippen LogP) is 4.67. The smallest absolute Gasteiger partial charge is 0.301 e. The first-order valence-electron chi connectivity index (χ1n) is 11.3. The van der Waals surface area contributed by atoms with Gasteiger partial charge in [0.15, 0.2) is 5.82 Å². The van der Waals surface area contributed by atoms with Gasteiger partial charge in [-0.25, -0.2) is 4.98 Å². The molecular formula is C26H27N5O4S. The average Bonchev–Trinajstić information content (AvgIpc) is 3.36. The molecule has 0 radical (unpaired) electrons. The zero-order valence-corrected chi connectivity index (χ0v) is 21.4. The normalized spacial score (nSPS) is 10.7. The van der Waals surface area contributed by atoms with Crippen LogP contribution in [0.1, 0.15) is 23.1 Å². The van der Waals surface area contributed by atoms with E-state index in [0.29, 0.717) is 46.9 Å². The maximum Gasteiger partial charge on any atom is 0.301 e. The zero-order chi connectivity index (χ0) is 25.5. The van der Waals surface area contributed by atoms with E-state index in [4.69, 9.17) is 14.2 Å². The molecule has 2 heterocycles. The van der Waals surface area contributed by atoms with Crippen LogP contribution in [0.5, 0.6) is 17.4 Å². The molecule has 0 fully saturated rings. The fraction of sp³-hybridized carbons (Fsp3) is 0.231. The summed E-state index contributed by atoms with van der Waals surface area (Å²) in [6.45, 7) is 2.35. The number of aromatic nitrogens is 4. The van der Waals surface area contributed by atoms with Gasteiger partial charge in [-0.3, -0.25) is 13.7 Å². The fourth-order valence-electron chi connectivity index (χ4n) is 3.57. The van der Waals surface area contributed by atoms with E-state index in [2.05, 4.69) is 15.2 Å². The summed E-state index contributed by atoms with van der Waals surface area (Å²) < 4.78 is 20.0. The Labute approximate surface area is 214 Å². The molecule has 0 saturated carbocycles. The Hall–Kier alpha value is -4.05. The van der Waals surface area contributed by atoms with E-state index in [1.165, 1.54) is 11.9 Å². The molecule has 0 spiro atoms. The molecule has 36 heavy (non-hydrogen) atoms. The second-order valence-corrected chi connectivity index (χ2v) is 8.64. The standard InChI is InChI=1S/C26H27N5O4S/c1-5-35-22-16-9-13-19(27-22)24-28-29-25(26(32)30(2)36-17-18-11-7-6-8-12-18)31(24)23-20(33-3)14-10-15-21(23)34-4/h6-16H,5,17H2,1-4H3. The molecule has 0 N–H and O–H groups in total. The Morgan fingerprint density at radius 3 is 2.31 bits per heavy atom. The van der Waals surface area contributed by atoms with Crippen molar-refractivity contribution >= 4 is 17.9 Å². The van der Waals surface area contributed by atoms with Crippen molar-refractivity contribution in [3.05, 3.63) is 78.1 Å². The Morgan fingerprint density at radius 2 is 1.64 bits per heavy atom. The fourth-order valence-corrected chi connectivity index (χ4v) is 4.30. The van der Waals surface area contributed by atoms with E-state index >= 15 is 0 Å². The van der Waals surface area contributed by atoms with Crippen molar-refractivity contribution in [3.8, 4) is 34.6 Å². The third-order valence-electron chi connectivity index (χ3n) is 5.28. The van der Waals surface area contributed by atoms with Crippen LogP contribution >= 0.6 is 11.9 Å². The number of rotatable bonds is 10. The first-order valence-corrected chi connectivity index (χ1v) is 12.2. The largest absolute Gasteiger partial charge is 0.494 e. The van der Waals surface area contributed by atoms with Crippen molar-refractivity contribution in [3.63, 3.8) is 0 Å². The molecule has 186 valence electrons. The lowest BCUT2D eigenvalue weighted by Gasteiger charge is -2.19. The summed E-state index contributed by atoms with van der Waals surface area (Å²) in [5, 5.41) is 8.65. The number of carbonyl (C=O) groups excluding carboxylic acids is 1. The van der Waals surface area contributed by atoms with Gasteiger partial charge in [0.05, 0.1) is 20.8 Å². The van der Waals surface area contributed by atoms with Gasteiger partial charge in [0.1, 0.15) is 22.9 Å². The summed E-state index contributed by atoms with van der Waals surface area (Å²) in [4.78, 5) is 18.2. The van der Waals surface area contributed by atoms with Gasteiger partial charge in [-0.1, -0.05) is 42.5 Å². The molecular weight excluding hydrogens is 478 g/mol. The molecule has 1 amide bonds. The minimum absolute atomic E-state index is 0.0967. The molecule has 0 unspecified atom stereocenters. The van der Waals surface area contributed by atoms with Crippen LogP contribution in [0.15, 0.2) is 66.7 Å². The van der Waals surface area contributed by atoms with Crippen molar-refractivity contribution in [2.75, 3.05) is 27.9 Å². The Bertz CT molecular complexity index is 1310. The second kappa shape index (κ2) is 11.6. The summed E-state index contributed by atoms with van der Waals surface area (Å²) in [6, 6.07) is 20.7. The van der Waals surface area contributed by atoms with Gasteiger partial charge in [0.25, 0.3) is 0 Å². The zero-order valence-electron chi connectivity index (χ0n) is 20.5. The number of hydrogen-bond acceptors (Lipinski definition) is 8. The minimum Gasteiger partial charge on any atom is -0.494 e. The number of ether oxygens (including phenoxy) is 3. The summed E-state index contributed by atoms with van der Waals surface area (Å²) in [5.41, 5.74) is 2.09. The number of nitrogens with zero attached hydrogens (tertiary/aromatic N) is 5. The second-order valence-electron chi connectivity index (χ2n) is 7.55. The van der Waals surface area contributed by atoms with Crippen LogP contribution in [0.4, 0.5) is 0 Å². The Morgan fingerprint density at radius 1 is 0.944 bits per heavy atom. The molecule has 4 aromatic rings. The van der Waals surface area contributed by atoms with Crippen molar-refractivity contribution in [2.45, 2.75) is 12.7 Å². The highest BCUT2D eigenvalue weighted by Gasteiger charge is 2.28. The number of benzene rings is 2. The number of pyridine rings is 1. The Balaban J connectivity index is 1.81. The number of amides is 1. The lowest BCUT2D eigenvalue weighted by molar-refractivity contribution is 0.0878. The molecule has 2 aromatic heterocycles. The van der Waals surface area contributed by atoms with Crippen LogP contribution in [-0.4, -0.2) is 57.8 Å². The van der Waals surface area contributed by atoms with Crippen LogP contribution in [-0.2, 0) is 5.75 Å². The maximum absolute atomic E-state index is 13.6. The number of hydrogen-bond donors (Lipinski definition) is 0. The minimum atomic E-state index is -0.330. The first kappa shape index (κ1) is 25.1. The van der Waals surface area contributed by atoms with Gasteiger partial charge < -0.3 is 14.2 Å². The highest BCUT2D eigenvalue weighted by Crippen LogP contribution is 2.36. The van der Waals surface area contributed by atoms with E-state index in [1.807, 2.05) is 49.4 Å². The molecule has 0 saturated heterocycles. The van der Waals surface area contributed by atoms with E-state index in [1.54, 1.807) is 54.4 Å². The van der Waals surface area contributed by atoms with Crippen LogP contribution in [0, 0.1) is 0 Å². The van der Waals surface area contributed by atoms with Gasteiger partial charge in [-0.2, -0.15) is 0 Å². The summed E-state index contributed by atoms with van der Waals surface area (Å²) in [6.07, 6.45) is 0. The van der Waals surface area contributed by atoms with Crippen molar-refractivity contribution in [1.29, 1.82) is 0 Å². The third-order valence-corrected chi connectivity index (χ3v) is 6.29. The highest BCUT2D eigenvalue weighted by atomic mass is 32.2. The summed E-state index contributed by atoms with van der Waals surface area (Å²) in [5.74, 6) is 2.17. The lowest BCUT2D eigenvalue weighted by Crippen LogP contribution is -2.24. The highest BCUT2D eigenvalue weighted by molar-refractivity contribution is 7.96. The van der Waals surface area contributed by atoms with Crippen LogP contribution in [0.2, 0.25) is 0 Å². The van der Waals surface area contributed by atoms with E-state index in [-0.39, 0.29) is 11.7 Å². The van der Waals surface area contributed by atoms with Gasteiger partial charge >= 0.3 is 5.91 Å². The molecule has 2 aromatic carbocycles. The first-order chi connectivity index (χ1) is 17.6. The van der Waals surface area contributed by atoms with Crippen LogP contribution in [0.25, 0.3) is 17.2 Å². The molecule has 9 nitrogen and oxygen atoms in total. The summed E-state index contributed by atoms with van der Waals surface area (Å²) in [7, 11) is 4.82. The average molecular weight is 506 g/mol. The van der Waals surface area contributed by atoms with Gasteiger partial charge in [0, 0.05) is 18.9 Å². The van der Waals surface area contributed by atoms with Crippen LogP contribution < -0.4 is 14.2 Å². The third kappa shape index (κ3) is 5.28. The van der Waals surface area contributed by atoms with Gasteiger partial charge in [0.2, 0.25) is 11.7 Å².